The molecule has 248 valence electrons. The quantitative estimate of drug-likeness (QED) is 0.121. The van der Waals surface area contributed by atoms with E-state index >= 15 is 0 Å². The fourth-order valence-electron chi connectivity index (χ4n) is 7.94. The van der Waals surface area contributed by atoms with Crippen molar-refractivity contribution < 1.29 is 25.8 Å². The molecular weight excluding hydrogens is 783 g/mol. The predicted molar refractivity (Wildman–Crippen MR) is 220 cm³/mol. The van der Waals surface area contributed by atoms with Crippen LogP contribution in [0.4, 0.5) is 0 Å². The Morgan fingerprint density at radius 3 is 1.22 bits per heavy atom. The zero-order chi connectivity index (χ0) is 32.5. The molecule has 0 amide bonds. The zero-order valence-electron chi connectivity index (χ0n) is 30.3. The molecule has 0 bridgehead atoms. The van der Waals surface area contributed by atoms with E-state index in [0.717, 1.165) is 0 Å². The van der Waals surface area contributed by atoms with Gasteiger partial charge in [0, 0.05) is 57.7 Å². The van der Waals surface area contributed by atoms with E-state index in [4.69, 9.17) is 0 Å². The van der Waals surface area contributed by atoms with Gasteiger partial charge in [0.15, 0.2) is 0 Å². The third-order valence-corrected chi connectivity index (χ3v) is 10.2. The summed E-state index contributed by atoms with van der Waals surface area (Å²) in [6.45, 7) is 4.33. The molecule has 8 aromatic carbocycles. The van der Waals surface area contributed by atoms with Crippen LogP contribution >= 0.6 is 0 Å². The van der Waals surface area contributed by atoms with Gasteiger partial charge in [-0.1, -0.05) is 85.6 Å². The molecule has 51 heavy (non-hydrogen) atoms. The van der Waals surface area contributed by atoms with Crippen LogP contribution in [-0.2, 0) is 39.9 Å². The van der Waals surface area contributed by atoms with Crippen molar-refractivity contribution in [2.45, 2.75) is 13.8 Å². The summed E-state index contributed by atoms with van der Waals surface area (Å²) in [4.78, 5) is 0. The van der Waals surface area contributed by atoms with E-state index in [-0.39, 0.29) is 40.7 Å². The number of aryl methyl sites for hydroxylation is 4. The molecule has 0 spiro atoms. The van der Waals surface area contributed by atoms with Crippen LogP contribution < -0.4 is 0 Å². The first-order chi connectivity index (χ1) is 23.4. The molecule has 0 saturated heterocycles. The normalized spacial score (nSPS) is 11.1. The van der Waals surface area contributed by atoms with Crippen LogP contribution in [0.15, 0.2) is 146 Å². The van der Waals surface area contributed by atoms with Gasteiger partial charge in [0.05, 0.1) is 0 Å². The Balaban J connectivity index is 0.000000166. The molecule has 0 N–H and O–H groups in total. The fourth-order valence-corrected chi connectivity index (χ4v) is 7.94. The number of rotatable bonds is 2. The molecule has 0 unspecified atom stereocenters. The van der Waals surface area contributed by atoms with Crippen molar-refractivity contribution in [1.29, 1.82) is 0 Å². The second-order valence-electron chi connectivity index (χ2n) is 13.3. The van der Waals surface area contributed by atoms with E-state index in [0.29, 0.717) is 0 Å². The van der Waals surface area contributed by atoms with Gasteiger partial charge in [0.2, 0.25) is 0 Å². The maximum Gasteiger partial charge on any atom is 4.00 e. The zero-order valence-corrected chi connectivity index (χ0v) is 33.8. The minimum absolute atomic E-state index is 0. The van der Waals surface area contributed by atoms with Crippen LogP contribution in [0.1, 0.15) is 11.1 Å². The Hall–Kier alpha value is -4.99. The Morgan fingerprint density at radius 2 is 0.784 bits per heavy atom. The molecule has 2 aromatic heterocycles. The van der Waals surface area contributed by atoms with E-state index in [1.807, 2.05) is 0 Å². The van der Waals surface area contributed by atoms with Gasteiger partial charge in [-0.3, -0.25) is 0 Å². The van der Waals surface area contributed by atoms with Gasteiger partial charge in [0.25, 0.3) is 0 Å². The van der Waals surface area contributed by atoms with Crippen molar-refractivity contribution in [3.8, 4) is 22.3 Å². The van der Waals surface area contributed by atoms with Gasteiger partial charge in [0.1, 0.15) is 0 Å². The van der Waals surface area contributed by atoms with Crippen LogP contribution in [0.2, 0.25) is 0 Å². The van der Waals surface area contributed by atoms with Crippen LogP contribution in [0.3, 0.4) is 0 Å². The van der Waals surface area contributed by atoms with Crippen molar-refractivity contribution in [2.24, 2.45) is 14.1 Å². The second-order valence-corrected chi connectivity index (χ2v) is 13.3. The molecule has 10 aromatic rings. The topological polar surface area (TPSA) is 9.86 Å². The Kier molecular flexibility index (Phi) is 9.81. The first-order valence-corrected chi connectivity index (χ1v) is 16.7. The average molecular weight is 825 g/mol. The SMILES string of the molecule is Cc1cc2c(-c3ccc4c(c3)c3ccccc3n4C)cccc2[cH-]1.Cc1cc2c(-c3ccc4c(c3)c3ccccc3n4C)cccc2[cH-]1.[CH3-].[CH3-].[Hf+4]. The number of aromatic nitrogens is 2. The van der Waals surface area contributed by atoms with Crippen LogP contribution in [0, 0.1) is 28.7 Å². The monoisotopic (exact) mass is 826 g/mol. The summed E-state index contributed by atoms with van der Waals surface area (Å²) in [5.74, 6) is 0. The number of fused-ring (bicyclic) bond motifs is 8. The number of hydrogen-bond acceptors (Lipinski definition) is 0. The summed E-state index contributed by atoms with van der Waals surface area (Å²) >= 11 is 0. The van der Waals surface area contributed by atoms with E-state index < -0.39 is 0 Å². The van der Waals surface area contributed by atoms with Crippen LogP contribution in [0.25, 0.3) is 87.4 Å². The van der Waals surface area contributed by atoms with Crippen molar-refractivity contribution in [3.05, 3.63) is 172 Å². The van der Waals surface area contributed by atoms with Gasteiger partial charge in [-0.15, -0.1) is 69.1 Å². The third kappa shape index (κ3) is 5.88. The maximum absolute atomic E-state index is 2.34. The average Bonchev–Trinajstić information content (AvgIpc) is 3.85. The fraction of sp³-hybridized carbons (Fsp3) is 0.0833. The van der Waals surface area contributed by atoms with Gasteiger partial charge >= 0.3 is 25.8 Å². The summed E-state index contributed by atoms with van der Waals surface area (Å²) in [5.41, 5.74) is 13.0. The Bertz CT molecular complexity index is 2640. The summed E-state index contributed by atoms with van der Waals surface area (Å²) in [6, 6.07) is 53.2. The number of para-hydroxylation sites is 2. The van der Waals surface area contributed by atoms with Crippen molar-refractivity contribution in [1.82, 2.24) is 9.13 Å². The molecule has 0 saturated carbocycles. The first-order valence-electron chi connectivity index (χ1n) is 16.7. The maximum atomic E-state index is 2.34. The Morgan fingerprint density at radius 1 is 0.392 bits per heavy atom. The predicted octanol–water partition coefficient (Wildman–Crippen LogP) is 13.3. The van der Waals surface area contributed by atoms with Crippen LogP contribution in [-0.4, -0.2) is 9.13 Å². The standard InChI is InChI=1S/2C23H18N.2CH3.Hf/c2*1-15-12-16-6-5-8-18(20(16)13-15)17-10-11-23-21(14-17)19-7-3-4-9-22(19)24(23)2;;;/h2*3-14H,1-2H3;2*1H3;/q4*-1;+4. The molecule has 0 aliphatic heterocycles. The van der Waals surface area contributed by atoms with Gasteiger partial charge < -0.3 is 24.0 Å². The van der Waals surface area contributed by atoms with Crippen molar-refractivity contribution in [2.75, 3.05) is 0 Å². The molecule has 3 heteroatoms. The summed E-state index contributed by atoms with van der Waals surface area (Å²) in [6.07, 6.45) is 0. The first kappa shape index (κ1) is 35.8. The molecule has 0 fully saturated rings. The number of nitrogens with zero attached hydrogens (tertiary/aromatic N) is 2. The number of hydrogen-bond donors (Lipinski definition) is 0. The molecule has 0 radical (unpaired) electrons. The van der Waals surface area contributed by atoms with Gasteiger partial charge in [-0.2, -0.15) is 12.1 Å². The minimum Gasteiger partial charge on any atom is -0.358 e. The summed E-state index contributed by atoms with van der Waals surface area (Å²) < 4.78 is 4.56. The molecule has 0 aliphatic carbocycles. The largest absolute Gasteiger partial charge is 4.00 e. The van der Waals surface area contributed by atoms with E-state index in [2.05, 4.69) is 183 Å². The van der Waals surface area contributed by atoms with E-state index in [1.54, 1.807) is 0 Å². The van der Waals surface area contributed by atoms with Crippen molar-refractivity contribution in [3.63, 3.8) is 0 Å². The Labute approximate surface area is 320 Å². The van der Waals surface area contributed by atoms with E-state index in [1.165, 1.54) is 98.5 Å². The summed E-state index contributed by atoms with van der Waals surface area (Å²) in [5, 5.41) is 10.6. The molecular formula is C48H42HfN2. The molecule has 2 nitrogen and oxygen atoms in total. The molecule has 2 heterocycles. The van der Waals surface area contributed by atoms with Gasteiger partial charge in [-0.05, 0) is 47.5 Å². The number of benzene rings is 6. The molecule has 10 rings (SSSR count). The second kappa shape index (κ2) is 14.0. The van der Waals surface area contributed by atoms with Crippen molar-refractivity contribution >= 4 is 65.2 Å². The molecule has 0 aliphatic rings. The molecule has 0 atom stereocenters. The van der Waals surface area contributed by atoms with Gasteiger partial charge in [-0.25, -0.2) is 0 Å². The minimum atomic E-state index is 0. The summed E-state index contributed by atoms with van der Waals surface area (Å²) in [7, 11) is 4.29. The van der Waals surface area contributed by atoms with Crippen LogP contribution in [0.5, 0.6) is 0 Å². The smallest absolute Gasteiger partial charge is 0.358 e. The van der Waals surface area contributed by atoms with E-state index in [9.17, 15) is 0 Å². The third-order valence-electron chi connectivity index (χ3n) is 10.2.